The lowest BCUT2D eigenvalue weighted by Gasteiger charge is -2.73. The number of carbonyl (C=O) groups is 3. The molecule has 84 heavy (non-hydrogen) atoms. The summed E-state index contributed by atoms with van der Waals surface area (Å²) in [4.78, 5) is 51.8. The van der Waals surface area contributed by atoms with E-state index in [1.807, 2.05) is 6.07 Å². The van der Waals surface area contributed by atoms with Gasteiger partial charge in [-0.25, -0.2) is 4.79 Å². The van der Waals surface area contributed by atoms with E-state index in [4.69, 9.17) is 23.4 Å². The summed E-state index contributed by atoms with van der Waals surface area (Å²) in [6.45, 7) is 3.86. The Hall–Kier alpha value is -3.85. The summed E-state index contributed by atoms with van der Waals surface area (Å²) in [5, 5.41) is 41.3. The number of epoxide rings is 1. The molecule has 16 aliphatic rings. The molecule has 1 aromatic heterocycles. The maximum absolute atomic E-state index is 17.5. The molecule has 0 amide bonds. The number of allylic oxidation sites excluding steroid dienone is 1. The highest BCUT2D eigenvalue weighted by molar-refractivity contribution is 5.94. The predicted octanol–water partition coefficient (Wildman–Crippen LogP) is 9.90. The van der Waals surface area contributed by atoms with E-state index >= 15 is 14.4 Å². The van der Waals surface area contributed by atoms with Gasteiger partial charge >= 0.3 is 11.9 Å². The van der Waals surface area contributed by atoms with Gasteiger partial charge in [0.15, 0.2) is 11.9 Å². The zero-order valence-electron chi connectivity index (χ0n) is 49.4. The lowest BCUT2D eigenvalue weighted by molar-refractivity contribution is -0.301. The minimum atomic E-state index is -1.48. The van der Waals surface area contributed by atoms with E-state index < -0.39 is 80.7 Å². The maximum atomic E-state index is 17.5. The number of Topliss-reactive ketones (excluding diaryl/α,β-unsaturated/α-hetero) is 1. The molecule has 0 radical (unpaired) electrons. The quantitative estimate of drug-likeness (QED) is 0.100. The number of rotatable bonds is 10. The predicted molar refractivity (Wildman–Crippen MR) is 308 cm³/mol. The maximum Gasteiger partial charge on any atom is 0.339 e. The van der Waals surface area contributed by atoms with E-state index in [0.29, 0.717) is 42.9 Å². The third-order valence-corrected chi connectivity index (χ3v) is 29.5. The van der Waals surface area contributed by atoms with Gasteiger partial charge in [-0.05, 0) is 196 Å². The Morgan fingerprint density at radius 1 is 0.833 bits per heavy atom. The molecule has 2 aromatic rings. The van der Waals surface area contributed by atoms with Crippen LogP contribution in [0.4, 0.5) is 0 Å². The van der Waals surface area contributed by atoms with Crippen molar-refractivity contribution in [1.82, 2.24) is 10.2 Å². The number of esters is 2. The molecule has 5 bridgehead atoms. The van der Waals surface area contributed by atoms with Gasteiger partial charge in [0.1, 0.15) is 35.8 Å². The fourth-order valence-electron chi connectivity index (χ4n) is 27.2. The van der Waals surface area contributed by atoms with Crippen molar-refractivity contribution in [3.63, 3.8) is 0 Å². The normalized spacial score (nSPS) is 50.2. The topological polar surface area (TPSA) is 181 Å². The second kappa shape index (κ2) is 18.2. The second-order valence-electron chi connectivity index (χ2n) is 31.7. The lowest BCUT2D eigenvalue weighted by Crippen LogP contribution is -2.82. The second-order valence-corrected chi connectivity index (χ2v) is 31.7. The molecule has 9 saturated carbocycles. The number of aliphatic hydroxyl groups is 3. The van der Waals surface area contributed by atoms with E-state index in [1.165, 1.54) is 11.1 Å². The van der Waals surface area contributed by atoms with Crippen molar-refractivity contribution in [2.75, 3.05) is 26.4 Å². The number of benzene rings is 1. The molecule has 5 saturated heterocycles. The van der Waals surface area contributed by atoms with Crippen LogP contribution in [0.1, 0.15) is 171 Å². The summed E-state index contributed by atoms with van der Waals surface area (Å²) < 4.78 is 37.2. The number of ketones is 1. The van der Waals surface area contributed by atoms with Crippen molar-refractivity contribution in [2.45, 2.75) is 208 Å². The fraction of sp³-hybridized carbons (Fsp3) is 0.761. The zero-order chi connectivity index (χ0) is 56.5. The molecule has 8 heterocycles. The number of furan rings is 1. The van der Waals surface area contributed by atoms with E-state index in [1.54, 1.807) is 6.26 Å². The number of hydrogen-bond donors (Lipinski definition) is 4. The number of ether oxygens (including phenoxy) is 4. The lowest BCUT2D eigenvalue weighted by atomic mass is 9.29. The van der Waals surface area contributed by atoms with Crippen LogP contribution in [0.15, 0.2) is 71.0 Å². The van der Waals surface area contributed by atoms with Crippen LogP contribution < -0.4 is 5.32 Å². The first kappa shape index (κ1) is 53.2. The Morgan fingerprint density at radius 2 is 1.67 bits per heavy atom. The molecule has 4 N–H and O–H groups in total. The van der Waals surface area contributed by atoms with E-state index in [-0.39, 0.29) is 77.7 Å². The number of cyclic esters (lactones) is 2. The third kappa shape index (κ3) is 6.19. The van der Waals surface area contributed by atoms with Crippen molar-refractivity contribution in [3.8, 4) is 0 Å². The highest BCUT2D eigenvalue weighted by atomic mass is 16.7. The van der Waals surface area contributed by atoms with Gasteiger partial charge in [-0.3, -0.25) is 14.9 Å². The smallest absolute Gasteiger partial charge is 0.339 e. The first-order valence-corrected chi connectivity index (χ1v) is 34.1. The molecule has 14 fully saturated rings. The Balaban J connectivity index is 0.841. The molecule has 7 aliphatic heterocycles. The van der Waals surface area contributed by atoms with Crippen LogP contribution in [0.2, 0.25) is 0 Å². The Labute approximate surface area is 495 Å². The molecular weight excluding hydrogens is 1060 g/mol. The van der Waals surface area contributed by atoms with Gasteiger partial charge < -0.3 is 43.6 Å². The summed E-state index contributed by atoms with van der Waals surface area (Å²) in [6, 6.07) is 13.2. The van der Waals surface area contributed by atoms with Gasteiger partial charge in [-0.1, -0.05) is 94.4 Å². The van der Waals surface area contributed by atoms with Gasteiger partial charge in [-0.15, -0.1) is 0 Å². The van der Waals surface area contributed by atoms with Crippen LogP contribution in [0.25, 0.3) is 0 Å². The summed E-state index contributed by atoms with van der Waals surface area (Å²) in [5.41, 5.74) is -3.93. The summed E-state index contributed by atoms with van der Waals surface area (Å²) in [6.07, 6.45) is 26.7. The van der Waals surface area contributed by atoms with Gasteiger partial charge in [0.05, 0.1) is 48.5 Å². The van der Waals surface area contributed by atoms with E-state index in [0.717, 1.165) is 154 Å². The van der Waals surface area contributed by atoms with Crippen molar-refractivity contribution < 1.29 is 53.1 Å². The van der Waals surface area contributed by atoms with Crippen molar-refractivity contribution >= 4 is 17.7 Å². The third-order valence-electron chi connectivity index (χ3n) is 29.5. The zero-order valence-corrected chi connectivity index (χ0v) is 49.4. The average Bonchev–Trinajstić information content (AvgIpc) is 1.40. The largest absolute Gasteiger partial charge is 0.469 e. The number of fused-ring (bicyclic) bond motifs is 5. The summed E-state index contributed by atoms with van der Waals surface area (Å²) >= 11 is 0. The molecule has 18 rings (SSSR count). The highest BCUT2D eigenvalue weighted by Gasteiger charge is 2.99. The van der Waals surface area contributed by atoms with Gasteiger partial charge in [-0.2, -0.15) is 0 Å². The molecule has 13 nitrogen and oxygen atoms in total. The number of aliphatic hydroxyl groups excluding tert-OH is 3. The van der Waals surface area contributed by atoms with Gasteiger partial charge in [0.25, 0.3) is 0 Å². The molecule has 9 aliphatic carbocycles. The molecule has 13 heteroatoms. The minimum Gasteiger partial charge on any atom is -0.469 e. The average molecular weight is 1150 g/mol. The van der Waals surface area contributed by atoms with Crippen LogP contribution >= 0.6 is 0 Å². The Morgan fingerprint density at radius 3 is 2.50 bits per heavy atom. The Bertz CT molecular complexity index is 3110. The number of carbonyl (C=O) groups excluding carboxylic acids is 3. The number of nitrogens with one attached hydrogen (secondary N) is 1. The standard InChI is InChI=1S/C71H90N2O11/c1-64-34-44-35-66-46(19-25-65(66)23-8-9-24-65)32-48-20-26-68(45-14-6-3-7-15-45)57-55(76)59(77)69(47-16-10-13-41(30-47)29-40-11-4-2-5-12-40,56(44)67(57)38-81-62(78)58(66)70(48,67)84-68)71(64)61(83-71)63(79)82-60(64)50-22-28-80-54(50)33-51(53(75)37-74)42-17-18-49-43(31-42)21-27-73-39-72-36-52(49)73/h2,4-5,11-12,20-22,27-28,41-47,49,51-53,56-61,72,74-75,77H,3,6-10,13-19,23-26,29-39H2,1H3. The highest BCUT2D eigenvalue weighted by Crippen LogP contribution is 2.92. The SMILES string of the molecule is CC12CC3CC45C(CCC46CCCC6)CC4=CCC6(C7CCCCC7)OC47C5C(=O)OCC74C6C(=O)C(O)C(C5CCCC(Cc6ccccc6)C5)(C34)C13OC3C(=O)OC2c1ccoc1CC(C(O)CO)C1CCC2C(C=CN3CNCC23)C1. The van der Waals surface area contributed by atoms with Crippen LogP contribution in [-0.4, -0.2) is 106 Å². The van der Waals surface area contributed by atoms with E-state index in [2.05, 4.69) is 65.8 Å². The first-order valence-electron chi connectivity index (χ1n) is 34.1. The summed E-state index contributed by atoms with van der Waals surface area (Å²) in [7, 11) is 0. The number of nitrogens with zero attached hydrogens (tertiary/aromatic N) is 1. The fourth-order valence-corrected chi connectivity index (χ4v) is 27.2. The number of hydrogen-bond acceptors (Lipinski definition) is 13. The molecule has 23 atom stereocenters. The molecule has 5 spiro atoms. The monoisotopic (exact) mass is 1150 g/mol. The van der Waals surface area contributed by atoms with Gasteiger partial charge in [0.2, 0.25) is 0 Å². The van der Waals surface area contributed by atoms with Gasteiger partial charge in [0, 0.05) is 35.4 Å². The van der Waals surface area contributed by atoms with E-state index in [9.17, 15) is 15.3 Å². The van der Waals surface area contributed by atoms with Crippen molar-refractivity contribution in [3.05, 3.63) is 83.5 Å². The van der Waals surface area contributed by atoms with Crippen LogP contribution in [-0.2, 0) is 46.2 Å². The van der Waals surface area contributed by atoms with Crippen LogP contribution in [0.5, 0.6) is 0 Å². The van der Waals surface area contributed by atoms with Crippen molar-refractivity contribution in [1.29, 1.82) is 0 Å². The Kier molecular flexibility index (Phi) is 11.5. The minimum absolute atomic E-state index is 0.0776. The first-order chi connectivity index (χ1) is 40.9. The van der Waals surface area contributed by atoms with Crippen molar-refractivity contribution in [2.24, 2.45) is 98.1 Å². The van der Waals surface area contributed by atoms with Crippen LogP contribution in [0.3, 0.4) is 0 Å². The molecule has 1 aromatic carbocycles. The van der Waals surface area contributed by atoms with Crippen LogP contribution in [0, 0.1) is 98.1 Å². The summed E-state index contributed by atoms with van der Waals surface area (Å²) in [5.74, 6) is -0.800. The molecule has 450 valence electrons. The molecular formula is C71H90N2O11. The molecule has 23 unspecified atom stereocenters.